The van der Waals surface area contributed by atoms with Gasteiger partial charge in [-0.1, -0.05) is 60.7 Å². The fourth-order valence-electron chi connectivity index (χ4n) is 3.59. The first-order valence-corrected chi connectivity index (χ1v) is 9.12. The van der Waals surface area contributed by atoms with Crippen molar-refractivity contribution in [3.63, 3.8) is 0 Å². The summed E-state index contributed by atoms with van der Waals surface area (Å²) >= 11 is 0. The summed E-state index contributed by atoms with van der Waals surface area (Å²) in [5, 5.41) is 3.36. The first-order valence-electron chi connectivity index (χ1n) is 9.12. The highest BCUT2D eigenvalue weighted by molar-refractivity contribution is 5.81. The van der Waals surface area contributed by atoms with Crippen LogP contribution >= 0.6 is 0 Å². The number of rotatable bonds is 5. The number of hydrogen-bond donors (Lipinski definition) is 0. The lowest BCUT2D eigenvalue weighted by Gasteiger charge is -2.23. The Balaban J connectivity index is 1.94. The van der Waals surface area contributed by atoms with Gasteiger partial charge in [0.25, 0.3) is 5.56 Å². The second-order valence-corrected chi connectivity index (χ2v) is 6.74. The fraction of sp³-hybridized carbons (Fsp3) is 0.130. The molecule has 0 N–H and O–H groups in total. The molecule has 0 aliphatic rings. The highest BCUT2D eigenvalue weighted by Gasteiger charge is 2.20. The van der Waals surface area contributed by atoms with E-state index in [1.165, 1.54) is 6.07 Å². The molecule has 4 aromatic rings. The van der Waals surface area contributed by atoms with Gasteiger partial charge in [0.05, 0.1) is 16.9 Å². The van der Waals surface area contributed by atoms with E-state index in [9.17, 15) is 9.70 Å². The lowest BCUT2D eigenvalue weighted by molar-refractivity contribution is 0.541. The first-order chi connectivity index (χ1) is 13.7. The second kappa shape index (κ2) is 7.56. The molecule has 1 aromatic heterocycles. The van der Waals surface area contributed by atoms with Crippen LogP contribution in [0.2, 0.25) is 0 Å². The van der Waals surface area contributed by atoms with Crippen LogP contribution in [0.1, 0.15) is 23.0 Å². The summed E-state index contributed by atoms with van der Waals surface area (Å²) in [5.74, 6) is 0.633. The van der Waals surface area contributed by atoms with Gasteiger partial charge in [0.1, 0.15) is 11.5 Å². The molecule has 0 saturated carbocycles. The van der Waals surface area contributed by atoms with Crippen LogP contribution in [0.3, 0.4) is 0 Å². The SMILES string of the molecule is Cc1nc2ccc(N=O)cc2c(=O)n1C(Cc1ccccc1)c1ccccc1. The van der Waals surface area contributed by atoms with Crippen molar-refractivity contribution in [2.24, 2.45) is 5.18 Å². The lowest BCUT2D eigenvalue weighted by Crippen LogP contribution is -2.30. The maximum Gasteiger partial charge on any atom is 0.262 e. The van der Waals surface area contributed by atoms with Gasteiger partial charge in [-0.15, -0.1) is 4.91 Å². The molecule has 0 amide bonds. The Bertz CT molecular complexity index is 1190. The van der Waals surface area contributed by atoms with Crippen molar-refractivity contribution in [1.29, 1.82) is 0 Å². The van der Waals surface area contributed by atoms with E-state index in [4.69, 9.17) is 0 Å². The zero-order valence-electron chi connectivity index (χ0n) is 15.4. The summed E-state index contributed by atoms with van der Waals surface area (Å²) in [6, 6.07) is 24.6. The number of aryl methyl sites for hydroxylation is 1. The van der Waals surface area contributed by atoms with Gasteiger partial charge in [-0.05, 0) is 47.8 Å². The number of nitrogens with zero attached hydrogens (tertiary/aromatic N) is 3. The van der Waals surface area contributed by atoms with E-state index in [0.29, 0.717) is 23.1 Å². The van der Waals surface area contributed by atoms with Crippen molar-refractivity contribution in [2.75, 3.05) is 0 Å². The number of nitroso groups, excluding NO2 is 1. The minimum atomic E-state index is -0.208. The maximum absolute atomic E-state index is 13.4. The van der Waals surface area contributed by atoms with Crippen LogP contribution < -0.4 is 5.56 Å². The van der Waals surface area contributed by atoms with Gasteiger partial charge >= 0.3 is 0 Å². The van der Waals surface area contributed by atoms with E-state index in [0.717, 1.165) is 11.1 Å². The van der Waals surface area contributed by atoms with Gasteiger partial charge in [-0.25, -0.2) is 4.98 Å². The number of hydrogen-bond acceptors (Lipinski definition) is 4. The highest BCUT2D eigenvalue weighted by Crippen LogP contribution is 2.25. The van der Waals surface area contributed by atoms with Crippen LogP contribution in [-0.4, -0.2) is 9.55 Å². The van der Waals surface area contributed by atoms with Crippen molar-refractivity contribution in [3.05, 3.63) is 111 Å². The molecule has 28 heavy (non-hydrogen) atoms. The van der Waals surface area contributed by atoms with Crippen molar-refractivity contribution in [1.82, 2.24) is 9.55 Å². The van der Waals surface area contributed by atoms with Crippen LogP contribution in [0.5, 0.6) is 0 Å². The van der Waals surface area contributed by atoms with Crippen LogP contribution in [0.25, 0.3) is 10.9 Å². The smallest absolute Gasteiger partial charge is 0.262 e. The Morgan fingerprint density at radius 2 is 1.64 bits per heavy atom. The van der Waals surface area contributed by atoms with Crippen molar-refractivity contribution in [3.8, 4) is 0 Å². The van der Waals surface area contributed by atoms with Crippen molar-refractivity contribution < 1.29 is 0 Å². The molecule has 0 spiro atoms. The molecule has 5 heteroatoms. The van der Waals surface area contributed by atoms with E-state index in [1.807, 2.05) is 55.5 Å². The predicted octanol–water partition coefficient (Wildman–Crippen LogP) is 4.93. The molecule has 138 valence electrons. The average molecular weight is 369 g/mol. The normalized spacial score (nSPS) is 12.0. The zero-order valence-corrected chi connectivity index (χ0v) is 15.4. The van der Waals surface area contributed by atoms with E-state index in [-0.39, 0.29) is 17.3 Å². The Morgan fingerprint density at radius 1 is 0.964 bits per heavy atom. The van der Waals surface area contributed by atoms with E-state index >= 15 is 0 Å². The molecule has 0 fully saturated rings. The molecule has 0 aliphatic carbocycles. The number of aromatic nitrogens is 2. The molecule has 5 nitrogen and oxygen atoms in total. The Hall–Kier alpha value is -3.60. The molecular formula is C23H19N3O2. The van der Waals surface area contributed by atoms with E-state index in [1.54, 1.807) is 16.7 Å². The third kappa shape index (κ3) is 3.34. The summed E-state index contributed by atoms with van der Waals surface area (Å²) in [7, 11) is 0. The monoisotopic (exact) mass is 369 g/mol. The molecule has 0 radical (unpaired) electrons. The number of fused-ring (bicyclic) bond motifs is 1. The third-order valence-corrected chi connectivity index (χ3v) is 4.93. The van der Waals surface area contributed by atoms with E-state index in [2.05, 4.69) is 22.3 Å². The summed E-state index contributed by atoms with van der Waals surface area (Å²) < 4.78 is 1.72. The fourth-order valence-corrected chi connectivity index (χ4v) is 3.59. The Kier molecular flexibility index (Phi) is 4.81. The lowest BCUT2D eigenvalue weighted by atomic mass is 9.98. The predicted molar refractivity (Wildman–Crippen MR) is 111 cm³/mol. The molecule has 0 bridgehead atoms. The molecule has 0 aliphatic heterocycles. The zero-order chi connectivity index (χ0) is 19.5. The highest BCUT2D eigenvalue weighted by atomic mass is 16.3. The van der Waals surface area contributed by atoms with Crippen LogP contribution in [0, 0.1) is 11.8 Å². The average Bonchev–Trinajstić information content (AvgIpc) is 2.74. The first kappa shape index (κ1) is 17.8. The maximum atomic E-state index is 13.4. The molecule has 1 unspecified atom stereocenters. The Labute approximate surface area is 162 Å². The summed E-state index contributed by atoms with van der Waals surface area (Å²) in [5.41, 5.74) is 2.78. The minimum absolute atomic E-state index is 0.169. The number of benzene rings is 3. The molecule has 0 saturated heterocycles. The van der Waals surface area contributed by atoms with Gasteiger partial charge < -0.3 is 0 Å². The van der Waals surface area contributed by atoms with Crippen molar-refractivity contribution in [2.45, 2.75) is 19.4 Å². The summed E-state index contributed by atoms with van der Waals surface area (Å²) in [6.07, 6.45) is 0.657. The topological polar surface area (TPSA) is 64.3 Å². The van der Waals surface area contributed by atoms with Crippen LogP contribution in [0.4, 0.5) is 5.69 Å². The van der Waals surface area contributed by atoms with Gasteiger partial charge in [0, 0.05) is 0 Å². The van der Waals surface area contributed by atoms with Crippen LogP contribution in [-0.2, 0) is 6.42 Å². The summed E-state index contributed by atoms with van der Waals surface area (Å²) in [6.45, 7) is 1.84. The standard InChI is InChI=1S/C23H19N3O2/c1-16-24-21-13-12-19(25-28)15-20(21)23(27)26(16)22(18-10-6-3-7-11-18)14-17-8-4-2-5-9-17/h2-13,15,22H,14H2,1H3. The van der Waals surface area contributed by atoms with Gasteiger partial charge in [-0.3, -0.25) is 9.36 Å². The van der Waals surface area contributed by atoms with Gasteiger partial charge in [-0.2, -0.15) is 0 Å². The van der Waals surface area contributed by atoms with Gasteiger partial charge in [0.15, 0.2) is 0 Å². The molecule has 3 aromatic carbocycles. The van der Waals surface area contributed by atoms with Crippen LogP contribution in [0.15, 0.2) is 88.8 Å². The largest absolute Gasteiger partial charge is 0.288 e. The molecule has 4 rings (SSSR count). The van der Waals surface area contributed by atoms with E-state index < -0.39 is 0 Å². The quantitative estimate of drug-likeness (QED) is 0.468. The Morgan fingerprint density at radius 3 is 2.32 bits per heavy atom. The second-order valence-electron chi connectivity index (χ2n) is 6.74. The summed E-state index contributed by atoms with van der Waals surface area (Å²) in [4.78, 5) is 29.0. The molecular weight excluding hydrogens is 350 g/mol. The molecule has 1 heterocycles. The van der Waals surface area contributed by atoms with Crippen molar-refractivity contribution >= 4 is 16.6 Å². The minimum Gasteiger partial charge on any atom is -0.288 e. The van der Waals surface area contributed by atoms with Gasteiger partial charge in [0.2, 0.25) is 0 Å². The third-order valence-electron chi connectivity index (χ3n) is 4.93. The molecule has 1 atom stereocenters.